The van der Waals surface area contributed by atoms with Crippen LogP contribution in [-0.2, 0) is 4.79 Å². The Kier molecular flexibility index (Phi) is 8.26. The predicted molar refractivity (Wildman–Crippen MR) is 158 cm³/mol. The second kappa shape index (κ2) is 12.0. The Labute approximate surface area is 243 Å². The van der Waals surface area contributed by atoms with E-state index in [1.54, 1.807) is 29.2 Å². The average Bonchev–Trinajstić information content (AvgIpc) is 2.99. The van der Waals surface area contributed by atoms with Gasteiger partial charge in [-0.05, 0) is 13.1 Å². The smallest absolute Gasteiger partial charge is 0.223 e. The number of aromatic hydroxyl groups is 2. The van der Waals surface area contributed by atoms with Crippen LogP contribution in [0.25, 0.3) is 22.3 Å². The Hall–Kier alpha value is -4.70. The summed E-state index contributed by atoms with van der Waals surface area (Å²) in [5.41, 5.74) is 0.807. The minimum absolute atomic E-state index is 0.0214. The van der Waals surface area contributed by atoms with Crippen molar-refractivity contribution in [1.29, 1.82) is 0 Å². The summed E-state index contributed by atoms with van der Waals surface area (Å²) in [7, 11) is 6.46. The number of hydrogen-bond donors (Lipinski definition) is 2. The van der Waals surface area contributed by atoms with Gasteiger partial charge in [-0.1, -0.05) is 36.4 Å². The summed E-state index contributed by atoms with van der Waals surface area (Å²) in [6.07, 6.45) is -0.0811. The van der Waals surface area contributed by atoms with Gasteiger partial charge in [0.25, 0.3) is 0 Å². The monoisotopic (exact) mass is 574 g/mol. The number of hydrogen-bond acceptors (Lipinski definition) is 9. The van der Waals surface area contributed by atoms with Crippen LogP contribution in [0.15, 0.2) is 63.8 Å². The van der Waals surface area contributed by atoms with E-state index in [-0.39, 0.29) is 40.4 Å². The van der Waals surface area contributed by atoms with Crippen LogP contribution in [0.2, 0.25) is 0 Å². The predicted octanol–water partition coefficient (Wildman–Crippen LogP) is 4.19. The van der Waals surface area contributed by atoms with Crippen LogP contribution >= 0.6 is 0 Å². The highest BCUT2D eigenvalue weighted by molar-refractivity contribution is 5.91. The minimum atomic E-state index is -0.857. The number of likely N-dealkylation sites (N-methyl/N-ethyl adjacent to an activating group) is 1. The highest BCUT2D eigenvalue weighted by atomic mass is 16.5. The molecule has 1 fully saturated rings. The lowest BCUT2D eigenvalue weighted by Crippen LogP contribution is -2.47. The van der Waals surface area contributed by atoms with E-state index >= 15 is 0 Å². The quantitative estimate of drug-likeness (QED) is 0.319. The Bertz CT molecular complexity index is 1660. The molecule has 42 heavy (non-hydrogen) atoms. The second-order valence-corrected chi connectivity index (χ2v) is 10.2. The molecule has 2 N–H and O–H groups in total. The first-order valence-electron chi connectivity index (χ1n) is 13.6. The Morgan fingerprint density at radius 3 is 2.24 bits per heavy atom. The minimum Gasteiger partial charge on any atom is -0.507 e. The van der Waals surface area contributed by atoms with Gasteiger partial charge >= 0.3 is 0 Å². The zero-order valence-electron chi connectivity index (χ0n) is 24.0. The van der Waals surface area contributed by atoms with Gasteiger partial charge in [-0.25, -0.2) is 0 Å². The van der Waals surface area contributed by atoms with Gasteiger partial charge in [0.15, 0.2) is 16.9 Å². The molecule has 1 amide bonds. The van der Waals surface area contributed by atoms with Crippen molar-refractivity contribution in [2.75, 3.05) is 54.6 Å². The van der Waals surface area contributed by atoms with Gasteiger partial charge in [-0.3, -0.25) is 9.59 Å². The number of phenolic OH excluding ortho intramolecular Hbond substituents is 2. The molecule has 2 heterocycles. The number of piperazine rings is 1. The number of ether oxygens (including phenoxy) is 3. The lowest BCUT2D eigenvalue weighted by atomic mass is 9.85. The molecule has 1 atom stereocenters. The molecule has 0 saturated carbocycles. The van der Waals surface area contributed by atoms with Crippen molar-refractivity contribution >= 4 is 16.9 Å². The summed E-state index contributed by atoms with van der Waals surface area (Å²) in [6, 6.07) is 14.9. The number of fused-ring (bicyclic) bond motifs is 1. The summed E-state index contributed by atoms with van der Waals surface area (Å²) in [6.45, 7) is 2.58. The van der Waals surface area contributed by atoms with Crippen LogP contribution in [0.5, 0.6) is 28.7 Å². The van der Waals surface area contributed by atoms with Gasteiger partial charge in [0.1, 0.15) is 28.2 Å². The van der Waals surface area contributed by atoms with Crippen molar-refractivity contribution in [2.45, 2.75) is 12.3 Å². The summed E-state index contributed by atoms with van der Waals surface area (Å²) < 4.78 is 23.2. The first-order valence-corrected chi connectivity index (χ1v) is 13.6. The molecule has 10 nitrogen and oxygen atoms in total. The van der Waals surface area contributed by atoms with Gasteiger partial charge in [-0.2, -0.15) is 0 Å². The molecule has 0 aliphatic carbocycles. The topological polar surface area (TPSA) is 122 Å². The van der Waals surface area contributed by atoms with Gasteiger partial charge in [0.2, 0.25) is 11.7 Å². The van der Waals surface area contributed by atoms with Gasteiger partial charge in [0.05, 0.1) is 21.3 Å². The molecule has 220 valence electrons. The molecule has 3 aromatic carbocycles. The third-order valence-corrected chi connectivity index (χ3v) is 7.75. The third-order valence-electron chi connectivity index (χ3n) is 7.75. The van der Waals surface area contributed by atoms with Crippen LogP contribution in [-0.4, -0.2) is 80.5 Å². The van der Waals surface area contributed by atoms with Crippen molar-refractivity contribution in [3.8, 4) is 40.1 Å². The molecule has 4 aromatic rings. The van der Waals surface area contributed by atoms with Gasteiger partial charge < -0.3 is 38.6 Å². The Balaban J connectivity index is 1.77. The number of benzene rings is 3. The molecule has 5 rings (SSSR count). The maximum absolute atomic E-state index is 13.8. The van der Waals surface area contributed by atoms with E-state index in [1.165, 1.54) is 27.4 Å². The molecule has 1 saturated heterocycles. The summed E-state index contributed by atoms with van der Waals surface area (Å²) in [5.74, 6) is -0.484. The number of carbonyl (C=O) groups is 1. The molecular weight excluding hydrogens is 540 g/mol. The normalized spacial score (nSPS) is 14.5. The Morgan fingerprint density at radius 1 is 0.905 bits per heavy atom. The van der Waals surface area contributed by atoms with E-state index in [1.807, 2.05) is 25.2 Å². The largest absolute Gasteiger partial charge is 0.507 e. The van der Waals surface area contributed by atoms with Crippen molar-refractivity contribution in [3.05, 3.63) is 75.9 Å². The lowest BCUT2D eigenvalue weighted by molar-refractivity contribution is -0.133. The fourth-order valence-corrected chi connectivity index (χ4v) is 5.53. The number of methoxy groups -OCH3 is 3. The zero-order valence-corrected chi connectivity index (χ0v) is 24.0. The molecule has 0 radical (unpaired) electrons. The van der Waals surface area contributed by atoms with E-state index in [0.29, 0.717) is 41.5 Å². The first-order chi connectivity index (χ1) is 20.3. The molecule has 1 aliphatic rings. The molecule has 0 spiro atoms. The maximum atomic E-state index is 13.8. The van der Waals surface area contributed by atoms with Crippen LogP contribution in [0.3, 0.4) is 0 Å². The summed E-state index contributed by atoms with van der Waals surface area (Å²) >= 11 is 0. The number of nitrogens with zero attached hydrogens (tertiary/aromatic N) is 2. The van der Waals surface area contributed by atoms with E-state index in [2.05, 4.69) is 4.90 Å². The second-order valence-electron chi connectivity index (χ2n) is 10.2. The first kappa shape index (κ1) is 28.8. The zero-order chi connectivity index (χ0) is 30.0. The molecule has 10 heteroatoms. The van der Waals surface area contributed by atoms with Crippen LogP contribution in [0.1, 0.15) is 23.5 Å². The fourth-order valence-electron chi connectivity index (χ4n) is 5.53. The van der Waals surface area contributed by atoms with E-state index in [4.69, 9.17) is 18.6 Å². The number of rotatable bonds is 8. The summed E-state index contributed by atoms with van der Waals surface area (Å²) in [5, 5.41) is 22.0. The molecule has 1 aromatic heterocycles. The van der Waals surface area contributed by atoms with Crippen molar-refractivity contribution < 1.29 is 33.6 Å². The number of phenols is 2. The van der Waals surface area contributed by atoms with Crippen LogP contribution in [0, 0.1) is 0 Å². The van der Waals surface area contributed by atoms with Crippen molar-refractivity contribution in [3.63, 3.8) is 0 Å². The van der Waals surface area contributed by atoms with Crippen LogP contribution < -0.4 is 19.6 Å². The number of carbonyl (C=O) groups excluding carboxylic acids is 1. The highest BCUT2D eigenvalue weighted by Crippen LogP contribution is 2.49. The van der Waals surface area contributed by atoms with E-state index in [0.717, 1.165) is 19.2 Å². The fraction of sp³-hybridized carbons (Fsp3) is 0.312. The van der Waals surface area contributed by atoms with Gasteiger partial charge in [-0.15, -0.1) is 0 Å². The van der Waals surface area contributed by atoms with Crippen molar-refractivity contribution in [1.82, 2.24) is 9.80 Å². The average molecular weight is 575 g/mol. The maximum Gasteiger partial charge on any atom is 0.223 e. The SMILES string of the molecule is COc1ccc([C@@H](CC(=O)N2CCN(C)CC2)c2c(O)cc(O)c3c(=O)cc(-c4ccccc4)oc23)c(OC)c1OC. The Morgan fingerprint density at radius 2 is 1.60 bits per heavy atom. The van der Waals surface area contributed by atoms with Gasteiger partial charge in [0, 0.05) is 67.3 Å². The van der Waals surface area contributed by atoms with E-state index < -0.39 is 17.1 Å². The third kappa shape index (κ3) is 5.33. The van der Waals surface area contributed by atoms with Crippen molar-refractivity contribution in [2.24, 2.45) is 0 Å². The lowest BCUT2D eigenvalue weighted by Gasteiger charge is -2.33. The van der Waals surface area contributed by atoms with E-state index in [9.17, 15) is 19.8 Å². The number of amides is 1. The standard InChI is InChI=1S/C32H34N2O8/c1-33-12-14-34(15-13-33)27(38)16-21(20-10-11-25(39-2)31(41-4)30(20)40-3)28-22(35)17-23(36)29-24(37)18-26(42-32(28)29)19-8-6-5-7-9-19/h5-11,17-18,21,35-36H,12-16H2,1-4H3/t21-/m1/s1. The molecular formula is C32H34N2O8. The summed E-state index contributed by atoms with van der Waals surface area (Å²) in [4.78, 5) is 31.1. The highest BCUT2D eigenvalue weighted by Gasteiger charge is 2.33. The molecule has 0 unspecified atom stereocenters. The molecule has 0 bridgehead atoms. The molecule has 1 aliphatic heterocycles. The van der Waals surface area contributed by atoms with Crippen LogP contribution in [0.4, 0.5) is 0 Å².